The summed E-state index contributed by atoms with van der Waals surface area (Å²) in [5, 5.41) is 10.9. The van der Waals surface area contributed by atoms with Crippen molar-refractivity contribution in [3.8, 4) is 89.0 Å². The van der Waals surface area contributed by atoms with Gasteiger partial charge in [0.05, 0.1) is 20.6 Å². The molecule has 17 rings (SSSR count). The third kappa shape index (κ3) is 10.6. The van der Waals surface area contributed by atoms with Crippen molar-refractivity contribution < 1.29 is 20.6 Å². The van der Waals surface area contributed by atoms with Gasteiger partial charge >= 0.3 is 0 Å². The Morgan fingerprint density at radius 3 is 0.622 bits per heavy atom. The van der Waals surface area contributed by atoms with E-state index in [0.717, 1.165) is 43.8 Å². The predicted octanol–water partition coefficient (Wildman–Crippen LogP) is 25.3. The van der Waals surface area contributed by atoms with Gasteiger partial charge in [-0.2, -0.15) is 0 Å². The van der Waals surface area contributed by atoms with Gasteiger partial charge in [0, 0.05) is 0 Å². The zero-order valence-corrected chi connectivity index (χ0v) is 48.6. The smallest absolute Gasteiger partial charge is 0.0622 e. The predicted molar refractivity (Wildman–Crippen MR) is 388 cm³/mol. The molecule has 0 fully saturated rings. The average molecular weight is 1160 g/mol. The summed E-state index contributed by atoms with van der Waals surface area (Å²) in [4.78, 5) is 0. The van der Waals surface area contributed by atoms with E-state index < -0.39 is 36.3 Å². The Balaban J connectivity index is 0.000000127. The Morgan fingerprint density at radius 1 is 0.133 bits per heavy atom. The van der Waals surface area contributed by atoms with Gasteiger partial charge in [-0.05, 0) is 160 Å². The highest BCUT2D eigenvalue weighted by atomic mass is 14.2. The second-order valence-electron chi connectivity index (χ2n) is 21.8. The average Bonchev–Trinajstić information content (AvgIpc) is 0.723. The lowest BCUT2D eigenvalue weighted by molar-refractivity contribution is 1.61. The highest BCUT2D eigenvalue weighted by molar-refractivity contribution is 6.24. The third-order valence-electron chi connectivity index (χ3n) is 16.6. The summed E-state index contributed by atoms with van der Waals surface area (Å²) in [6.45, 7) is 0. The van der Waals surface area contributed by atoms with Crippen LogP contribution in [-0.4, -0.2) is 0 Å². The number of rotatable bonds is 8. The lowest BCUT2D eigenvalue weighted by Crippen LogP contribution is -1.91. The maximum atomic E-state index is 8.67. The normalized spacial score (nSPS) is 13.4. The van der Waals surface area contributed by atoms with Crippen molar-refractivity contribution in [2.24, 2.45) is 0 Å². The van der Waals surface area contributed by atoms with Gasteiger partial charge in [-0.3, -0.25) is 0 Å². The molecule has 0 aliphatic heterocycles. The van der Waals surface area contributed by atoms with Crippen molar-refractivity contribution in [1.82, 2.24) is 0 Å². The van der Waals surface area contributed by atoms with Crippen LogP contribution in [0.3, 0.4) is 0 Å². The van der Waals surface area contributed by atoms with Gasteiger partial charge in [0.25, 0.3) is 0 Å². The minimum absolute atomic E-state index is 0.0426. The molecule has 0 saturated heterocycles. The first-order valence-corrected chi connectivity index (χ1v) is 29.8. The van der Waals surface area contributed by atoms with Crippen molar-refractivity contribution in [1.29, 1.82) is 0 Å². The van der Waals surface area contributed by atoms with E-state index in [1.54, 1.807) is 48.5 Å². The summed E-state index contributed by atoms with van der Waals surface area (Å²) in [6.07, 6.45) is 0. The van der Waals surface area contributed by atoms with E-state index in [1.165, 1.54) is 54.9 Å². The zero-order chi connectivity index (χ0) is 73.1. The molecule has 0 unspecified atom stereocenters. The lowest BCUT2D eigenvalue weighted by Gasteiger charge is -2.18. The van der Waals surface area contributed by atoms with Crippen LogP contribution in [0.5, 0.6) is 0 Å². The molecule has 0 aliphatic rings. The monoisotopic (exact) mass is 1160 g/mol. The second kappa shape index (κ2) is 25.0. The minimum Gasteiger partial charge on any atom is -0.0622 e. The van der Waals surface area contributed by atoms with Crippen LogP contribution in [0.1, 0.15) is 20.6 Å². The van der Waals surface area contributed by atoms with Crippen LogP contribution in [0, 0.1) is 0 Å². The maximum Gasteiger partial charge on any atom is 0.0629 e. The van der Waals surface area contributed by atoms with Gasteiger partial charge in [-0.25, -0.2) is 0 Å². The van der Waals surface area contributed by atoms with Crippen LogP contribution in [-0.2, 0) is 0 Å². The molecular weight excluding hydrogens is 1080 g/mol. The van der Waals surface area contributed by atoms with Gasteiger partial charge in [-0.15, -0.1) is 0 Å². The van der Waals surface area contributed by atoms with Crippen molar-refractivity contribution in [2.45, 2.75) is 0 Å². The van der Waals surface area contributed by atoms with Crippen LogP contribution in [0.2, 0.25) is 0 Å². The molecule has 0 amide bonds. The standard InChI is InChI=1S/2C32H22.C26H18/c1-3-12-23(13-4-1)25-16-11-17-26(22-25)32-29-20-9-7-18-27(29)31(24-14-5-2-6-15-24)28-19-8-10-21-30(28)32;1-3-11-23(12-4-1)24-19-21-26(22-20-24)32-29-17-9-7-15-27(29)31(25-13-5-2-6-14-25)28-16-8-10-18-30(28)32;1-3-11-19(12-4-1)25-21-15-7-9-17-23(21)26(20-13-5-2-6-14-20)24-18-10-8-16-22(24)25/h2*1-22H;1-18H/i;2D,5D,6D,13D,14D;1D,2D,3D,4D,5D,6D,11D,12D,13D,14D. The van der Waals surface area contributed by atoms with Crippen molar-refractivity contribution in [3.05, 3.63) is 376 Å². The van der Waals surface area contributed by atoms with E-state index >= 15 is 0 Å². The molecule has 90 heavy (non-hydrogen) atoms. The van der Waals surface area contributed by atoms with Crippen molar-refractivity contribution in [3.63, 3.8) is 0 Å². The molecule has 17 aromatic rings. The fraction of sp³-hybridized carbons (Fsp3) is 0. The van der Waals surface area contributed by atoms with E-state index in [9.17, 15) is 0 Å². The van der Waals surface area contributed by atoms with Gasteiger partial charge in [0.2, 0.25) is 0 Å². The molecule has 422 valence electrons. The summed E-state index contributed by atoms with van der Waals surface area (Å²) < 4.78 is 125. The fourth-order valence-corrected chi connectivity index (χ4v) is 12.8. The number of fused-ring (bicyclic) bond motifs is 6. The van der Waals surface area contributed by atoms with E-state index in [2.05, 4.69) is 170 Å². The molecule has 0 heteroatoms. The van der Waals surface area contributed by atoms with Crippen LogP contribution >= 0.6 is 0 Å². The molecule has 0 saturated carbocycles. The quantitative estimate of drug-likeness (QED) is 0.133. The third-order valence-corrected chi connectivity index (χ3v) is 16.6. The lowest BCUT2D eigenvalue weighted by atomic mass is 9.85. The van der Waals surface area contributed by atoms with E-state index in [1.807, 2.05) is 66.7 Å². The molecular formula is C90H62. The number of hydrogen-bond donors (Lipinski definition) is 0. The summed E-state index contributed by atoms with van der Waals surface area (Å²) in [7, 11) is 0. The summed E-state index contributed by atoms with van der Waals surface area (Å²) in [6, 6.07) is 90.9. The van der Waals surface area contributed by atoms with Crippen LogP contribution in [0.15, 0.2) is 376 Å². The first-order chi connectivity index (χ1) is 50.9. The molecule has 0 nitrogen and oxygen atoms in total. The molecule has 0 radical (unpaired) electrons. The highest BCUT2D eigenvalue weighted by Crippen LogP contribution is 2.47. The number of hydrogen-bond acceptors (Lipinski definition) is 0. The summed E-state index contributed by atoms with van der Waals surface area (Å²) in [5.41, 5.74) is 13.8. The molecule has 17 aromatic carbocycles. The first-order valence-electron chi connectivity index (χ1n) is 37.3. The molecule has 0 N–H and O–H groups in total. The maximum absolute atomic E-state index is 8.67. The SMILES string of the molecule is [2H]c1c([2H])c([2H])c(-c2c3ccccc3c(-c3c([2H])c([2H])c([2H])c([2H])c3[2H])c3ccccc23)c([2H])c1[2H].[2H]c1c([2H])c([2H])c(-c2c3ccccc3c(-c3ccc(-c4ccccc4)cc3)c3ccccc23)c([2H])c1[2H].c1ccc(-c2cccc(-c3c4ccccc4c(-c4ccccc4)c4ccccc34)c2)cc1. The van der Waals surface area contributed by atoms with Crippen LogP contribution in [0.25, 0.3) is 154 Å². The molecule has 0 spiro atoms. The highest BCUT2D eigenvalue weighted by Gasteiger charge is 2.20. The summed E-state index contributed by atoms with van der Waals surface area (Å²) in [5.74, 6) is 0. The van der Waals surface area contributed by atoms with Gasteiger partial charge in [-0.1, -0.05) is 370 Å². The Bertz CT molecular complexity index is 5940. The van der Waals surface area contributed by atoms with Crippen LogP contribution < -0.4 is 0 Å². The molecule has 0 aliphatic carbocycles. The first kappa shape index (κ1) is 40.6. The molecule has 0 aromatic heterocycles. The van der Waals surface area contributed by atoms with Crippen LogP contribution in [0.4, 0.5) is 0 Å². The Labute approximate surface area is 547 Å². The molecule has 0 atom stereocenters. The minimum atomic E-state index is -0.488. The Morgan fingerprint density at radius 2 is 0.322 bits per heavy atom. The van der Waals surface area contributed by atoms with Gasteiger partial charge in [0.1, 0.15) is 0 Å². The second-order valence-corrected chi connectivity index (χ2v) is 21.8. The molecule has 0 heterocycles. The largest absolute Gasteiger partial charge is 0.0629 e. The van der Waals surface area contributed by atoms with E-state index in [0.29, 0.717) is 38.2 Å². The zero-order valence-electron chi connectivity index (χ0n) is 63.6. The van der Waals surface area contributed by atoms with Crippen molar-refractivity contribution >= 4 is 64.6 Å². The Hall–Kier alpha value is -11.7. The number of benzene rings is 17. The van der Waals surface area contributed by atoms with E-state index in [4.69, 9.17) is 20.6 Å². The van der Waals surface area contributed by atoms with Crippen molar-refractivity contribution in [2.75, 3.05) is 0 Å². The topological polar surface area (TPSA) is 0 Å². The van der Waals surface area contributed by atoms with Gasteiger partial charge in [0.15, 0.2) is 0 Å². The summed E-state index contributed by atoms with van der Waals surface area (Å²) >= 11 is 0. The molecule has 0 bridgehead atoms. The van der Waals surface area contributed by atoms with E-state index in [-0.39, 0.29) is 71.1 Å². The fourth-order valence-electron chi connectivity index (χ4n) is 12.8. The Kier molecular flexibility index (Phi) is 11.3. The van der Waals surface area contributed by atoms with Gasteiger partial charge < -0.3 is 0 Å².